The lowest BCUT2D eigenvalue weighted by Crippen LogP contribution is -2.40. The number of halogens is 11. The SMILES string of the molecule is CCOC(=O)/C=C/C(F)(F)F.CCOC(=O)C1=Cc2cc(I)cc(Cl)c2OC1C(F)(F)F.O=Cc1cc(I)cc(Cl)c1O.O=Cc1cc(I)ccc1O. The van der Waals surface area contributed by atoms with Gasteiger partial charge in [-0.05, 0) is 130 Å². The van der Waals surface area contributed by atoms with Gasteiger partial charge in [-0.15, -0.1) is 0 Å². The number of rotatable bonds is 6. The molecule has 9 nitrogen and oxygen atoms in total. The van der Waals surface area contributed by atoms with Gasteiger partial charge in [-0.1, -0.05) is 23.2 Å². The fourth-order valence-electron chi connectivity index (χ4n) is 3.51. The van der Waals surface area contributed by atoms with Crippen molar-refractivity contribution in [3.05, 3.63) is 97.6 Å². The molecule has 0 bridgehead atoms. The van der Waals surface area contributed by atoms with Gasteiger partial charge in [0, 0.05) is 28.4 Å². The Kier molecular flexibility index (Phi) is 20.5. The van der Waals surface area contributed by atoms with E-state index < -0.39 is 36.0 Å². The van der Waals surface area contributed by atoms with Gasteiger partial charge in [0.2, 0.25) is 6.10 Å². The van der Waals surface area contributed by atoms with E-state index in [9.17, 15) is 45.5 Å². The number of aromatic hydroxyl groups is 2. The zero-order valence-electron chi connectivity index (χ0n) is 26.8. The Bertz CT molecular complexity index is 1840. The molecule has 20 heteroatoms. The van der Waals surface area contributed by atoms with E-state index in [1.54, 1.807) is 30.3 Å². The van der Waals surface area contributed by atoms with Gasteiger partial charge >= 0.3 is 24.3 Å². The van der Waals surface area contributed by atoms with E-state index >= 15 is 0 Å². The molecule has 53 heavy (non-hydrogen) atoms. The standard InChI is InChI=1S/C13H9ClF3IO3.C7H4ClIO2.C7H5IO2.C6H7F3O2/c1-2-20-12(19)8-4-6-3-7(18)5-9(14)10(6)21-11(8)13(15,16)17;8-6-2-5(9)1-4(3-10)7(6)11;8-6-1-2-7(10)5(3-6)4-9;1-2-11-5(10)3-4-6(7,8)9/h3-5,11H,2H2,1H3;1-3,11H;1-4,10H;3-4H,2H2,1H3/b;;;4-3+. The Morgan fingerprint density at radius 2 is 1.38 bits per heavy atom. The monoisotopic (exact) mass is 1130 g/mol. The molecule has 1 aliphatic heterocycles. The second-order valence-electron chi connectivity index (χ2n) is 9.56. The molecule has 2 N–H and O–H groups in total. The molecule has 288 valence electrons. The molecule has 1 heterocycles. The first kappa shape index (κ1) is 48.2. The number of aldehydes is 2. The summed E-state index contributed by atoms with van der Waals surface area (Å²) in [6.07, 6.45) is -9.07. The fraction of sp³-hybridized carbons (Fsp3) is 0.212. The summed E-state index contributed by atoms with van der Waals surface area (Å²) in [4.78, 5) is 42.5. The molecule has 0 amide bonds. The van der Waals surface area contributed by atoms with Crippen molar-refractivity contribution in [3.8, 4) is 17.2 Å². The molecule has 0 radical (unpaired) electrons. The number of ether oxygens (including phenoxy) is 3. The van der Waals surface area contributed by atoms with Crippen LogP contribution in [-0.4, -0.2) is 66.4 Å². The lowest BCUT2D eigenvalue weighted by molar-refractivity contribution is -0.187. The van der Waals surface area contributed by atoms with Gasteiger partial charge in [0.15, 0.2) is 12.6 Å². The van der Waals surface area contributed by atoms with Crippen LogP contribution in [0.15, 0.2) is 60.2 Å². The predicted molar refractivity (Wildman–Crippen MR) is 209 cm³/mol. The van der Waals surface area contributed by atoms with Crippen LogP contribution < -0.4 is 4.74 Å². The quantitative estimate of drug-likeness (QED) is 0.0813. The molecule has 0 aliphatic carbocycles. The first-order valence-corrected chi connectivity index (χ1v) is 18.2. The molecule has 0 saturated heterocycles. The number of hydrogen-bond acceptors (Lipinski definition) is 9. The third-order valence-corrected chi connectivity index (χ3v) is 8.16. The number of fused-ring (bicyclic) bond motifs is 1. The Hall–Kier alpha value is -2.83. The minimum absolute atomic E-state index is 0.0271. The van der Waals surface area contributed by atoms with Crippen molar-refractivity contribution in [1.82, 2.24) is 0 Å². The van der Waals surface area contributed by atoms with Gasteiger partial charge in [0.05, 0.1) is 40.0 Å². The third kappa shape index (κ3) is 17.0. The van der Waals surface area contributed by atoms with Crippen LogP contribution in [0.5, 0.6) is 17.2 Å². The zero-order valence-corrected chi connectivity index (χ0v) is 34.8. The highest BCUT2D eigenvalue weighted by molar-refractivity contribution is 14.1. The van der Waals surface area contributed by atoms with Crippen LogP contribution in [0.3, 0.4) is 0 Å². The Labute approximate surface area is 349 Å². The number of phenolic OH excluding ortho intramolecular Hbond substituents is 2. The van der Waals surface area contributed by atoms with Gasteiger partial charge in [-0.3, -0.25) is 9.59 Å². The molecule has 3 aromatic rings. The Balaban J connectivity index is 0.000000376. The molecule has 0 fully saturated rings. The molecule has 0 aromatic heterocycles. The van der Waals surface area contributed by atoms with E-state index in [0.717, 1.165) is 13.2 Å². The summed E-state index contributed by atoms with van der Waals surface area (Å²) >= 11 is 17.6. The number of esters is 2. The summed E-state index contributed by atoms with van der Waals surface area (Å²) < 4.78 is 89.6. The van der Waals surface area contributed by atoms with E-state index in [0.29, 0.717) is 33.3 Å². The lowest BCUT2D eigenvalue weighted by Gasteiger charge is -2.28. The highest BCUT2D eigenvalue weighted by Crippen LogP contribution is 2.42. The van der Waals surface area contributed by atoms with Gasteiger partial charge < -0.3 is 24.4 Å². The topological polar surface area (TPSA) is 136 Å². The van der Waals surface area contributed by atoms with Crippen LogP contribution in [0.4, 0.5) is 26.3 Å². The highest BCUT2D eigenvalue weighted by atomic mass is 127. The summed E-state index contributed by atoms with van der Waals surface area (Å²) in [5, 5.41) is 18.4. The summed E-state index contributed by atoms with van der Waals surface area (Å²) in [5.41, 5.74) is 0.291. The fourth-order valence-corrected chi connectivity index (χ4v) is 6.18. The van der Waals surface area contributed by atoms with Gasteiger partial charge in [0.25, 0.3) is 0 Å². The molecule has 0 spiro atoms. The summed E-state index contributed by atoms with van der Waals surface area (Å²) in [5.74, 6) is -2.24. The molecule has 3 aromatic carbocycles. The van der Waals surface area contributed by atoms with Crippen molar-refractivity contribution in [2.45, 2.75) is 32.3 Å². The molecule has 1 aliphatic rings. The summed E-state index contributed by atoms with van der Waals surface area (Å²) in [6, 6.07) is 11.1. The number of benzene rings is 3. The van der Waals surface area contributed by atoms with E-state index in [1.165, 1.54) is 26.0 Å². The molecule has 1 unspecified atom stereocenters. The lowest BCUT2D eigenvalue weighted by atomic mass is 10.0. The smallest absolute Gasteiger partial charge is 0.430 e. The largest absolute Gasteiger partial charge is 0.507 e. The van der Waals surface area contributed by atoms with Crippen LogP contribution >= 0.6 is 91.0 Å². The first-order chi connectivity index (χ1) is 24.6. The number of phenols is 2. The normalized spacial score (nSPS) is 13.2. The number of allylic oxidation sites excluding steroid dienone is 1. The van der Waals surface area contributed by atoms with Crippen molar-refractivity contribution in [1.29, 1.82) is 0 Å². The number of carbonyl (C=O) groups is 4. The van der Waals surface area contributed by atoms with Crippen LogP contribution in [0.2, 0.25) is 10.0 Å². The van der Waals surface area contributed by atoms with Crippen molar-refractivity contribution in [2.24, 2.45) is 0 Å². The second-order valence-corrected chi connectivity index (χ2v) is 14.1. The average molecular weight is 1130 g/mol. The molecule has 4 rings (SSSR count). The second kappa shape index (κ2) is 22.5. The minimum Gasteiger partial charge on any atom is -0.507 e. The Morgan fingerprint density at radius 3 is 1.89 bits per heavy atom. The molecule has 0 saturated carbocycles. The third-order valence-electron chi connectivity index (χ3n) is 5.67. The van der Waals surface area contributed by atoms with E-state index in [-0.39, 0.29) is 52.1 Å². The van der Waals surface area contributed by atoms with Gasteiger partial charge in [-0.2, -0.15) is 26.3 Å². The highest BCUT2D eigenvalue weighted by Gasteiger charge is 2.49. The van der Waals surface area contributed by atoms with Crippen LogP contribution in [0.25, 0.3) is 6.08 Å². The average Bonchev–Trinajstić information content (AvgIpc) is 3.06. The summed E-state index contributed by atoms with van der Waals surface area (Å²) in [6.45, 7) is 3.07. The number of hydrogen-bond donors (Lipinski definition) is 2. The van der Waals surface area contributed by atoms with Gasteiger partial charge in [0.1, 0.15) is 17.2 Å². The van der Waals surface area contributed by atoms with Crippen LogP contribution in [0.1, 0.15) is 40.1 Å². The summed E-state index contributed by atoms with van der Waals surface area (Å²) in [7, 11) is 0. The predicted octanol–water partition coefficient (Wildman–Crippen LogP) is 10.2. The van der Waals surface area contributed by atoms with E-state index in [4.69, 9.17) is 38.2 Å². The zero-order chi connectivity index (χ0) is 40.7. The Morgan fingerprint density at radius 1 is 0.830 bits per heavy atom. The molecule has 1 atom stereocenters. The van der Waals surface area contributed by atoms with Crippen LogP contribution in [-0.2, 0) is 19.1 Å². The maximum absolute atomic E-state index is 13.1. The first-order valence-electron chi connectivity index (χ1n) is 14.2. The van der Waals surface area contributed by atoms with Crippen LogP contribution in [0, 0.1) is 10.7 Å². The maximum atomic E-state index is 13.1. The number of carbonyl (C=O) groups excluding carboxylic acids is 4. The molecular weight excluding hydrogens is 1110 g/mol. The van der Waals surface area contributed by atoms with Crippen molar-refractivity contribution in [3.63, 3.8) is 0 Å². The van der Waals surface area contributed by atoms with E-state index in [2.05, 4.69) is 32.1 Å². The van der Waals surface area contributed by atoms with E-state index in [1.807, 2.05) is 45.2 Å². The maximum Gasteiger partial charge on any atom is 0.430 e. The van der Waals surface area contributed by atoms with Gasteiger partial charge in [-0.25, -0.2) is 9.59 Å². The minimum atomic E-state index is -4.75. The van der Waals surface area contributed by atoms with Crippen molar-refractivity contribution in [2.75, 3.05) is 13.2 Å². The number of alkyl halides is 6. The van der Waals surface area contributed by atoms with Crippen molar-refractivity contribution >= 4 is 122 Å². The molecular formula is C33H25Cl2F6I3O9. The van der Waals surface area contributed by atoms with Crippen molar-refractivity contribution < 1.29 is 69.9 Å².